The zero-order valence-electron chi connectivity index (χ0n) is 14.3. The fraction of sp³-hybridized carbons (Fsp3) is 0.278. The molecule has 134 valence electrons. The number of hydrogen-bond donors (Lipinski definition) is 2. The predicted octanol–water partition coefficient (Wildman–Crippen LogP) is 4.01. The second kappa shape index (κ2) is 7.89. The van der Waals surface area contributed by atoms with Gasteiger partial charge in [0.05, 0.1) is 15.6 Å². The van der Waals surface area contributed by atoms with Crippen LogP contribution in [0, 0.1) is 0 Å². The van der Waals surface area contributed by atoms with Crippen LogP contribution in [0.25, 0.3) is 0 Å². The van der Waals surface area contributed by atoms with Crippen LogP contribution in [0.3, 0.4) is 0 Å². The molecule has 0 aromatic heterocycles. The SMILES string of the molecule is CCC(C)c1ccc(S(=O)(=O)Nc2cc(C(=O)NC)ccc2Cl)cc1. The van der Waals surface area contributed by atoms with Crippen LogP contribution in [0.2, 0.25) is 5.02 Å². The summed E-state index contributed by atoms with van der Waals surface area (Å²) in [6.07, 6.45) is 0.978. The summed E-state index contributed by atoms with van der Waals surface area (Å²) in [5.74, 6) is 0.0402. The lowest BCUT2D eigenvalue weighted by atomic mass is 9.99. The molecule has 0 spiro atoms. The maximum absolute atomic E-state index is 12.6. The molecule has 0 bridgehead atoms. The van der Waals surface area contributed by atoms with Crippen molar-refractivity contribution < 1.29 is 13.2 Å². The Balaban J connectivity index is 2.31. The molecule has 0 aliphatic heterocycles. The molecule has 7 heteroatoms. The lowest BCUT2D eigenvalue weighted by Crippen LogP contribution is -2.19. The monoisotopic (exact) mass is 380 g/mol. The van der Waals surface area contributed by atoms with Crippen molar-refractivity contribution in [2.45, 2.75) is 31.1 Å². The number of amides is 1. The quantitative estimate of drug-likeness (QED) is 0.794. The van der Waals surface area contributed by atoms with E-state index in [4.69, 9.17) is 11.6 Å². The molecule has 5 nitrogen and oxygen atoms in total. The molecule has 0 fully saturated rings. The van der Waals surface area contributed by atoms with Gasteiger partial charge < -0.3 is 5.32 Å². The highest BCUT2D eigenvalue weighted by Crippen LogP contribution is 2.27. The summed E-state index contributed by atoms with van der Waals surface area (Å²) in [5.41, 5.74) is 1.56. The molecule has 2 aromatic rings. The Labute approximate surface area is 153 Å². The largest absolute Gasteiger partial charge is 0.355 e. The first-order chi connectivity index (χ1) is 11.8. The van der Waals surface area contributed by atoms with Gasteiger partial charge in [0.2, 0.25) is 0 Å². The second-order valence-corrected chi connectivity index (χ2v) is 7.85. The highest BCUT2D eigenvalue weighted by molar-refractivity contribution is 7.92. The van der Waals surface area contributed by atoms with E-state index >= 15 is 0 Å². The predicted molar refractivity (Wildman–Crippen MR) is 101 cm³/mol. The number of benzene rings is 2. The van der Waals surface area contributed by atoms with Gasteiger partial charge in [-0.1, -0.05) is 37.6 Å². The third kappa shape index (κ3) is 4.52. The van der Waals surface area contributed by atoms with Crippen molar-refractivity contribution in [2.75, 3.05) is 11.8 Å². The molecule has 2 rings (SSSR count). The Morgan fingerprint density at radius 1 is 1.16 bits per heavy atom. The minimum absolute atomic E-state index is 0.140. The lowest BCUT2D eigenvalue weighted by Gasteiger charge is -2.13. The molecule has 0 aliphatic carbocycles. The van der Waals surface area contributed by atoms with Gasteiger partial charge in [0, 0.05) is 12.6 Å². The van der Waals surface area contributed by atoms with Crippen molar-refractivity contribution in [3.63, 3.8) is 0 Å². The van der Waals surface area contributed by atoms with Crippen LogP contribution < -0.4 is 10.0 Å². The van der Waals surface area contributed by atoms with E-state index in [0.29, 0.717) is 11.5 Å². The van der Waals surface area contributed by atoms with Gasteiger partial charge in [0.1, 0.15) is 0 Å². The smallest absolute Gasteiger partial charge is 0.261 e. The van der Waals surface area contributed by atoms with E-state index < -0.39 is 10.0 Å². The molecule has 1 unspecified atom stereocenters. The molecule has 2 N–H and O–H groups in total. The van der Waals surface area contributed by atoms with Gasteiger partial charge in [-0.2, -0.15) is 0 Å². The van der Waals surface area contributed by atoms with Gasteiger partial charge in [-0.15, -0.1) is 0 Å². The number of halogens is 1. The summed E-state index contributed by atoms with van der Waals surface area (Å²) in [6, 6.07) is 11.2. The number of sulfonamides is 1. The first-order valence-electron chi connectivity index (χ1n) is 7.93. The van der Waals surface area contributed by atoms with E-state index in [9.17, 15) is 13.2 Å². The van der Waals surface area contributed by atoms with Gasteiger partial charge in [0.15, 0.2) is 0 Å². The number of carbonyl (C=O) groups is 1. The first kappa shape index (κ1) is 19.3. The zero-order chi connectivity index (χ0) is 18.6. The van der Waals surface area contributed by atoms with E-state index in [1.165, 1.54) is 25.2 Å². The standard InChI is InChI=1S/C18H21ClN2O3S/c1-4-12(2)13-5-8-15(9-6-13)25(23,24)21-17-11-14(18(22)20-3)7-10-16(17)19/h5-12,21H,4H2,1-3H3,(H,20,22). The summed E-state index contributed by atoms with van der Waals surface area (Å²) < 4.78 is 27.6. The Hall–Kier alpha value is -2.05. The molecule has 1 atom stereocenters. The van der Waals surface area contributed by atoms with Crippen molar-refractivity contribution in [3.8, 4) is 0 Å². The molecule has 0 saturated heterocycles. The van der Waals surface area contributed by atoms with Crippen LogP contribution in [0.1, 0.15) is 42.1 Å². The molecule has 0 heterocycles. The number of rotatable bonds is 6. The average Bonchev–Trinajstić information content (AvgIpc) is 2.62. The summed E-state index contributed by atoms with van der Waals surface area (Å²) >= 11 is 6.06. The van der Waals surface area contributed by atoms with Crippen molar-refractivity contribution in [1.82, 2.24) is 5.32 Å². The third-order valence-corrected chi connectivity index (χ3v) is 5.78. The topological polar surface area (TPSA) is 75.3 Å². The molecule has 0 saturated carbocycles. The van der Waals surface area contributed by atoms with Gasteiger partial charge in [-0.25, -0.2) is 8.42 Å². The minimum atomic E-state index is -3.80. The molecule has 25 heavy (non-hydrogen) atoms. The number of anilines is 1. The summed E-state index contributed by atoms with van der Waals surface area (Å²) in [5, 5.41) is 2.70. The Bertz CT molecular complexity index is 864. The summed E-state index contributed by atoms with van der Waals surface area (Å²) in [7, 11) is -2.30. The van der Waals surface area contributed by atoms with Gasteiger partial charge in [0.25, 0.3) is 15.9 Å². The van der Waals surface area contributed by atoms with Crippen molar-refractivity contribution in [2.24, 2.45) is 0 Å². The van der Waals surface area contributed by atoms with Crippen LogP contribution >= 0.6 is 11.6 Å². The van der Waals surface area contributed by atoms with E-state index in [2.05, 4.69) is 23.9 Å². The van der Waals surface area contributed by atoms with Crippen LogP contribution in [0.15, 0.2) is 47.4 Å². The van der Waals surface area contributed by atoms with Crippen molar-refractivity contribution >= 4 is 33.2 Å². The lowest BCUT2D eigenvalue weighted by molar-refractivity contribution is 0.0963. The van der Waals surface area contributed by atoms with Crippen LogP contribution in [-0.4, -0.2) is 21.4 Å². The molecule has 0 radical (unpaired) electrons. The van der Waals surface area contributed by atoms with Gasteiger partial charge in [-0.05, 0) is 48.2 Å². The normalized spacial score (nSPS) is 12.5. The third-order valence-electron chi connectivity index (χ3n) is 4.07. The highest BCUT2D eigenvalue weighted by Gasteiger charge is 2.17. The van der Waals surface area contributed by atoms with Crippen molar-refractivity contribution in [3.05, 3.63) is 58.6 Å². The van der Waals surface area contributed by atoms with Crippen LogP contribution in [0.4, 0.5) is 5.69 Å². The van der Waals surface area contributed by atoms with E-state index in [1.54, 1.807) is 12.1 Å². The number of nitrogens with one attached hydrogen (secondary N) is 2. The van der Waals surface area contributed by atoms with Crippen LogP contribution in [0.5, 0.6) is 0 Å². The fourth-order valence-corrected chi connectivity index (χ4v) is 3.60. The summed E-state index contributed by atoms with van der Waals surface area (Å²) in [6.45, 7) is 4.17. The van der Waals surface area contributed by atoms with Crippen molar-refractivity contribution in [1.29, 1.82) is 0 Å². The van der Waals surface area contributed by atoms with E-state index in [1.807, 2.05) is 12.1 Å². The molecular weight excluding hydrogens is 360 g/mol. The molecule has 2 aromatic carbocycles. The molecule has 1 amide bonds. The van der Waals surface area contributed by atoms with E-state index in [-0.39, 0.29) is 21.5 Å². The zero-order valence-corrected chi connectivity index (χ0v) is 15.9. The maximum atomic E-state index is 12.6. The van der Waals surface area contributed by atoms with Crippen LogP contribution in [-0.2, 0) is 10.0 Å². The van der Waals surface area contributed by atoms with Gasteiger partial charge in [-0.3, -0.25) is 9.52 Å². The Morgan fingerprint density at radius 2 is 1.80 bits per heavy atom. The molecule has 0 aliphatic rings. The first-order valence-corrected chi connectivity index (χ1v) is 9.79. The van der Waals surface area contributed by atoms with E-state index in [0.717, 1.165) is 12.0 Å². The Kier molecular flexibility index (Phi) is 6.08. The maximum Gasteiger partial charge on any atom is 0.261 e. The second-order valence-electron chi connectivity index (χ2n) is 5.76. The Morgan fingerprint density at radius 3 is 2.36 bits per heavy atom. The number of hydrogen-bond acceptors (Lipinski definition) is 3. The summed E-state index contributed by atoms with van der Waals surface area (Å²) in [4.78, 5) is 11.9. The number of carbonyl (C=O) groups excluding carboxylic acids is 1. The highest BCUT2D eigenvalue weighted by atomic mass is 35.5. The van der Waals surface area contributed by atoms with Gasteiger partial charge >= 0.3 is 0 Å². The fourth-order valence-electron chi connectivity index (χ4n) is 2.30. The average molecular weight is 381 g/mol. The molecular formula is C18H21ClN2O3S. The minimum Gasteiger partial charge on any atom is -0.355 e.